The summed E-state index contributed by atoms with van der Waals surface area (Å²) in [7, 11) is 0. The summed E-state index contributed by atoms with van der Waals surface area (Å²) >= 11 is 0. The second-order valence-corrected chi connectivity index (χ2v) is 9.29. The fraction of sp³-hybridized carbons (Fsp3) is 0.226. The monoisotopic (exact) mass is 492 g/mol. The molecule has 0 spiro atoms. The van der Waals surface area contributed by atoms with Crippen molar-refractivity contribution in [2.45, 2.75) is 39.0 Å². The van der Waals surface area contributed by atoms with Crippen LogP contribution in [0.3, 0.4) is 0 Å². The summed E-state index contributed by atoms with van der Waals surface area (Å²) in [4.78, 5) is 9.58. The topological polar surface area (TPSA) is 81.5 Å². The summed E-state index contributed by atoms with van der Waals surface area (Å²) in [6.07, 6.45) is 6.10. The second-order valence-electron chi connectivity index (χ2n) is 9.29. The third-order valence-corrected chi connectivity index (χ3v) is 6.64. The zero-order valence-corrected chi connectivity index (χ0v) is 20.7. The van der Waals surface area contributed by atoms with E-state index in [1.54, 1.807) is 24.3 Å². The van der Waals surface area contributed by atoms with Crippen molar-refractivity contribution in [1.82, 2.24) is 9.97 Å². The third kappa shape index (κ3) is 4.62. The van der Waals surface area contributed by atoms with Crippen molar-refractivity contribution >= 4 is 33.0 Å². The quantitative estimate of drug-likeness (QED) is 0.204. The van der Waals surface area contributed by atoms with E-state index in [1.807, 2.05) is 48.5 Å². The maximum absolute atomic E-state index is 9.58. The van der Waals surface area contributed by atoms with Crippen LogP contribution in [0.1, 0.15) is 39.0 Å². The van der Waals surface area contributed by atoms with E-state index >= 15 is 0 Å². The van der Waals surface area contributed by atoms with E-state index in [1.165, 1.54) is 25.7 Å². The predicted molar refractivity (Wildman–Crippen MR) is 146 cm³/mol. The Morgan fingerprint density at radius 1 is 0.649 bits per heavy atom. The Hall–Kier alpha value is -4.32. The SMILES string of the molecule is CCCCCCCOc1ccc(-c2nc3c(ccc4c3ccc3oc(-c5ccc(O)cc5)nc34)o2)cc1. The number of nitrogens with zero attached hydrogens (tertiary/aromatic N) is 2. The average molecular weight is 493 g/mol. The lowest BCUT2D eigenvalue weighted by Gasteiger charge is -2.06. The van der Waals surface area contributed by atoms with Crippen LogP contribution in [0.5, 0.6) is 11.5 Å². The van der Waals surface area contributed by atoms with Crippen LogP contribution < -0.4 is 4.74 Å². The number of phenolic OH excluding ortho intramolecular Hbond substituents is 1. The van der Waals surface area contributed by atoms with Crippen molar-refractivity contribution in [3.8, 4) is 34.4 Å². The molecule has 0 bridgehead atoms. The molecule has 0 fully saturated rings. The van der Waals surface area contributed by atoms with Crippen molar-refractivity contribution in [3.05, 3.63) is 72.8 Å². The van der Waals surface area contributed by atoms with Crippen LogP contribution >= 0.6 is 0 Å². The van der Waals surface area contributed by atoms with Gasteiger partial charge in [-0.1, -0.05) is 32.6 Å². The molecule has 0 amide bonds. The highest BCUT2D eigenvalue weighted by Crippen LogP contribution is 2.35. The average Bonchev–Trinajstić information content (AvgIpc) is 3.56. The molecular formula is C31H28N2O4. The highest BCUT2D eigenvalue weighted by Gasteiger charge is 2.16. The van der Waals surface area contributed by atoms with Crippen molar-refractivity contribution in [1.29, 1.82) is 0 Å². The van der Waals surface area contributed by atoms with Gasteiger partial charge in [-0.25, -0.2) is 9.97 Å². The van der Waals surface area contributed by atoms with E-state index in [-0.39, 0.29) is 5.75 Å². The second kappa shape index (κ2) is 9.97. The van der Waals surface area contributed by atoms with Crippen molar-refractivity contribution < 1.29 is 18.7 Å². The minimum atomic E-state index is 0.203. The van der Waals surface area contributed by atoms with Gasteiger partial charge in [0.25, 0.3) is 0 Å². The Kier molecular flexibility index (Phi) is 6.23. The molecule has 1 N–H and O–H groups in total. The maximum atomic E-state index is 9.58. The van der Waals surface area contributed by atoms with Gasteiger partial charge in [-0.2, -0.15) is 0 Å². The largest absolute Gasteiger partial charge is 0.508 e. The number of oxazole rings is 2. The first-order chi connectivity index (χ1) is 18.2. The van der Waals surface area contributed by atoms with Crippen LogP contribution in [0.15, 0.2) is 81.6 Å². The fourth-order valence-electron chi connectivity index (χ4n) is 4.63. The van der Waals surface area contributed by atoms with Crippen LogP contribution in [0.25, 0.3) is 55.9 Å². The molecule has 37 heavy (non-hydrogen) atoms. The molecule has 0 unspecified atom stereocenters. The van der Waals surface area contributed by atoms with Gasteiger partial charge in [0.05, 0.1) is 6.61 Å². The zero-order chi connectivity index (χ0) is 25.2. The third-order valence-electron chi connectivity index (χ3n) is 6.64. The van der Waals surface area contributed by atoms with Crippen LogP contribution in [-0.2, 0) is 0 Å². The van der Waals surface area contributed by atoms with Gasteiger partial charge in [0.1, 0.15) is 22.5 Å². The summed E-state index contributed by atoms with van der Waals surface area (Å²) in [5.74, 6) is 2.14. The highest BCUT2D eigenvalue weighted by atomic mass is 16.5. The number of unbranched alkanes of at least 4 members (excludes halogenated alkanes) is 4. The molecule has 0 saturated heterocycles. The molecule has 6 nitrogen and oxygen atoms in total. The molecule has 0 atom stereocenters. The first kappa shape index (κ1) is 23.1. The smallest absolute Gasteiger partial charge is 0.227 e. The summed E-state index contributed by atoms with van der Waals surface area (Å²) in [5, 5.41) is 11.5. The highest BCUT2D eigenvalue weighted by molar-refractivity contribution is 6.13. The Labute approximate surface area is 214 Å². The molecule has 6 rings (SSSR count). The lowest BCUT2D eigenvalue weighted by atomic mass is 10.1. The number of ether oxygens (including phenoxy) is 1. The minimum Gasteiger partial charge on any atom is -0.508 e. The lowest BCUT2D eigenvalue weighted by Crippen LogP contribution is -1.97. The summed E-state index contributed by atoms with van der Waals surface area (Å²) in [6.45, 7) is 2.96. The predicted octanol–water partition coefficient (Wildman–Crippen LogP) is 8.51. The fourth-order valence-corrected chi connectivity index (χ4v) is 4.63. The van der Waals surface area contributed by atoms with E-state index in [0.29, 0.717) is 17.4 Å². The van der Waals surface area contributed by atoms with Crippen LogP contribution in [0.4, 0.5) is 0 Å². The Morgan fingerprint density at radius 2 is 1.19 bits per heavy atom. The molecule has 4 aromatic carbocycles. The van der Waals surface area contributed by atoms with Crippen LogP contribution in [0.2, 0.25) is 0 Å². The molecule has 6 aromatic rings. The van der Waals surface area contributed by atoms with Gasteiger partial charge < -0.3 is 18.7 Å². The first-order valence-corrected chi connectivity index (χ1v) is 12.8. The molecular weight excluding hydrogens is 464 g/mol. The van der Waals surface area contributed by atoms with E-state index in [4.69, 9.17) is 23.5 Å². The van der Waals surface area contributed by atoms with Crippen molar-refractivity contribution in [2.24, 2.45) is 0 Å². The molecule has 0 aliphatic carbocycles. The van der Waals surface area contributed by atoms with E-state index < -0.39 is 0 Å². The van der Waals surface area contributed by atoms with Gasteiger partial charge in [-0.3, -0.25) is 0 Å². The number of fused-ring (bicyclic) bond motifs is 5. The van der Waals surface area contributed by atoms with Crippen LogP contribution in [-0.4, -0.2) is 21.7 Å². The molecule has 2 aromatic heterocycles. The summed E-state index contributed by atoms with van der Waals surface area (Å²) in [6, 6.07) is 22.6. The van der Waals surface area contributed by atoms with Gasteiger partial charge in [0, 0.05) is 21.9 Å². The number of aromatic hydroxyl groups is 1. The van der Waals surface area contributed by atoms with E-state index in [0.717, 1.165) is 57.3 Å². The summed E-state index contributed by atoms with van der Waals surface area (Å²) in [5.41, 5.74) is 4.67. The van der Waals surface area contributed by atoms with Gasteiger partial charge in [-0.05, 0) is 79.2 Å². The Balaban J connectivity index is 1.26. The number of benzene rings is 4. The van der Waals surface area contributed by atoms with Gasteiger partial charge in [-0.15, -0.1) is 0 Å². The Bertz CT molecular complexity index is 1660. The molecule has 2 heterocycles. The van der Waals surface area contributed by atoms with Gasteiger partial charge in [0.2, 0.25) is 11.8 Å². The van der Waals surface area contributed by atoms with Crippen molar-refractivity contribution in [3.63, 3.8) is 0 Å². The van der Waals surface area contributed by atoms with E-state index in [9.17, 15) is 5.11 Å². The molecule has 0 saturated carbocycles. The Morgan fingerprint density at radius 3 is 1.76 bits per heavy atom. The molecule has 6 heteroatoms. The molecule has 0 aliphatic heterocycles. The number of rotatable bonds is 9. The van der Waals surface area contributed by atoms with E-state index in [2.05, 4.69) is 6.92 Å². The number of aromatic nitrogens is 2. The molecule has 0 radical (unpaired) electrons. The van der Waals surface area contributed by atoms with Crippen molar-refractivity contribution in [2.75, 3.05) is 6.61 Å². The summed E-state index contributed by atoms with van der Waals surface area (Å²) < 4.78 is 18.0. The lowest BCUT2D eigenvalue weighted by molar-refractivity contribution is 0.304. The zero-order valence-electron chi connectivity index (χ0n) is 20.7. The number of phenols is 1. The minimum absolute atomic E-state index is 0.203. The molecule has 186 valence electrons. The number of hydrogen-bond donors (Lipinski definition) is 1. The van der Waals surface area contributed by atoms with Crippen LogP contribution in [0, 0.1) is 0 Å². The maximum Gasteiger partial charge on any atom is 0.227 e. The molecule has 0 aliphatic rings. The normalized spacial score (nSPS) is 11.6. The first-order valence-electron chi connectivity index (χ1n) is 12.8. The standard InChI is InChI=1S/C31H28N2O4/c1-2-3-4-5-6-19-35-23-13-9-21(10-14-23)31-33-29-25-15-17-26-28(24(25)16-18-27(29)37-31)32-30(36-26)20-7-11-22(34)12-8-20/h7-18,34H,2-6,19H2,1H3. The number of hydrogen-bond acceptors (Lipinski definition) is 6. The van der Waals surface area contributed by atoms with Gasteiger partial charge >= 0.3 is 0 Å². The van der Waals surface area contributed by atoms with Gasteiger partial charge in [0.15, 0.2) is 11.2 Å².